The van der Waals surface area contributed by atoms with E-state index in [1.54, 1.807) is 0 Å². The molecule has 4 nitrogen and oxygen atoms in total. The lowest BCUT2D eigenvalue weighted by Crippen LogP contribution is -2.15. The van der Waals surface area contributed by atoms with Crippen molar-refractivity contribution in [3.8, 4) is 16.9 Å². The number of hydrogen-bond acceptors (Lipinski definition) is 2. The maximum atomic E-state index is 13.3. The van der Waals surface area contributed by atoms with E-state index in [4.69, 9.17) is 5.10 Å². The molecule has 0 spiro atoms. The Balaban J connectivity index is 1.82. The quantitative estimate of drug-likeness (QED) is 0.492. The number of nitrogens with one attached hydrogen (secondary N) is 1. The molecule has 1 amide bonds. The van der Waals surface area contributed by atoms with Crippen molar-refractivity contribution in [1.29, 1.82) is 0 Å². The maximum absolute atomic E-state index is 13.3. The van der Waals surface area contributed by atoms with Gasteiger partial charge in [0.1, 0.15) is 5.69 Å². The number of aryl methyl sites for hydroxylation is 2. The van der Waals surface area contributed by atoms with E-state index in [2.05, 4.69) is 11.4 Å². The second kappa shape index (κ2) is 7.76. The average Bonchev–Trinajstić information content (AvgIpc) is 3.08. The first-order chi connectivity index (χ1) is 14.0. The number of carbonyl (C=O) groups is 1. The van der Waals surface area contributed by atoms with Crippen molar-refractivity contribution in [2.75, 3.05) is 5.32 Å². The molecule has 1 N–H and O–H groups in total. The molecule has 1 aromatic heterocycles. The van der Waals surface area contributed by atoms with E-state index < -0.39 is 0 Å². The molecule has 0 unspecified atom stereocenters. The van der Waals surface area contributed by atoms with E-state index in [1.165, 1.54) is 5.56 Å². The van der Waals surface area contributed by atoms with Crippen LogP contribution in [-0.4, -0.2) is 15.7 Å². The Morgan fingerprint density at radius 3 is 2.17 bits per heavy atom. The van der Waals surface area contributed by atoms with Gasteiger partial charge in [0, 0.05) is 11.3 Å². The lowest BCUT2D eigenvalue weighted by atomic mass is 10.0. The number of aromatic nitrogens is 2. The van der Waals surface area contributed by atoms with Crippen LogP contribution in [0.4, 0.5) is 5.69 Å². The summed E-state index contributed by atoms with van der Waals surface area (Å²) < 4.78 is 1.83. The van der Waals surface area contributed by atoms with E-state index in [9.17, 15) is 4.79 Å². The zero-order valence-corrected chi connectivity index (χ0v) is 16.8. The zero-order valence-electron chi connectivity index (χ0n) is 16.8. The third-order valence-corrected chi connectivity index (χ3v) is 5.02. The Kier molecular flexibility index (Phi) is 5.00. The fraction of sp³-hybridized carbons (Fsp3) is 0.120. The fourth-order valence-electron chi connectivity index (χ4n) is 3.53. The number of benzene rings is 3. The zero-order chi connectivity index (χ0) is 20.4. The highest BCUT2D eigenvalue weighted by Crippen LogP contribution is 2.28. The van der Waals surface area contributed by atoms with E-state index in [0.717, 1.165) is 28.2 Å². The number of rotatable bonds is 4. The predicted molar refractivity (Wildman–Crippen MR) is 118 cm³/mol. The van der Waals surface area contributed by atoms with Gasteiger partial charge in [0.25, 0.3) is 5.91 Å². The first-order valence-corrected chi connectivity index (χ1v) is 9.63. The predicted octanol–water partition coefficient (Wildman–Crippen LogP) is 5.72. The Bertz CT molecular complexity index is 1160. The molecule has 0 fully saturated rings. The molecule has 1 heterocycles. The SMILES string of the molecule is Cc1ccc(NC(=O)c2c(-c3ccccc3)nn(-c3ccccc3)c2C)c(C)c1. The second-order valence-electron chi connectivity index (χ2n) is 7.19. The second-order valence-corrected chi connectivity index (χ2v) is 7.19. The van der Waals surface area contributed by atoms with Gasteiger partial charge < -0.3 is 5.32 Å². The van der Waals surface area contributed by atoms with Crippen LogP contribution in [0.2, 0.25) is 0 Å². The van der Waals surface area contributed by atoms with Crippen LogP contribution in [0.1, 0.15) is 27.2 Å². The van der Waals surface area contributed by atoms with E-state index in [1.807, 2.05) is 98.2 Å². The molecule has 4 aromatic rings. The molecule has 0 saturated heterocycles. The number of amides is 1. The highest BCUT2D eigenvalue weighted by Gasteiger charge is 2.23. The average molecular weight is 381 g/mol. The van der Waals surface area contributed by atoms with Gasteiger partial charge in [-0.15, -0.1) is 0 Å². The third kappa shape index (κ3) is 3.69. The highest BCUT2D eigenvalue weighted by atomic mass is 16.1. The minimum absolute atomic E-state index is 0.157. The molecule has 144 valence electrons. The summed E-state index contributed by atoms with van der Waals surface area (Å²) in [6.07, 6.45) is 0. The number of para-hydroxylation sites is 1. The molecule has 4 heteroatoms. The number of anilines is 1. The molecule has 0 atom stereocenters. The van der Waals surface area contributed by atoms with Crippen LogP contribution in [-0.2, 0) is 0 Å². The van der Waals surface area contributed by atoms with Crippen LogP contribution < -0.4 is 5.32 Å². The molecular formula is C25H23N3O. The molecule has 3 aromatic carbocycles. The lowest BCUT2D eigenvalue weighted by Gasteiger charge is -2.10. The van der Waals surface area contributed by atoms with Crippen molar-refractivity contribution >= 4 is 11.6 Å². The molecule has 4 rings (SSSR count). The van der Waals surface area contributed by atoms with Crippen molar-refractivity contribution < 1.29 is 4.79 Å². The van der Waals surface area contributed by atoms with Crippen LogP contribution in [0.3, 0.4) is 0 Å². The van der Waals surface area contributed by atoms with Crippen molar-refractivity contribution in [3.63, 3.8) is 0 Å². The van der Waals surface area contributed by atoms with Gasteiger partial charge in [0.2, 0.25) is 0 Å². The third-order valence-electron chi connectivity index (χ3n) is 5.02. The summed E-state index contributed by atoms with van der Waals surface area (Å²) in [5.74, 6) is -0.157. The van der Waals surface area contributed by atoms with Gasteiger partial charge in [-0.05, 0) is 44.5 Å². The summed E-state index contributed by atoms with van der Waals surface area (Å²) in [4.78, 5) is 13.3. The molecule has 0 aliphatic carbocycles. The number of carbonyl (C=O) groups excluding carboxylic acids is 1. The van der Waals surface area contributed by atoms with Gasteiger partial charge in [0.15, 0.2) is 0 Å². The standard InChI is InChI=1S/C25H23N3O/c1-17-14-15-22(18(2)16-17)26-25(29)23-19(3)28(21-12-8-5-9-13-21)27-24(23)20-10-6-4-7-11-20/h4-16H,1-3H3,(H,26,29). The summed E-state index contributed by atoms with van der Waals surface area (Å²) in [7, 11) is 0. The van der Waals surface area contributed by atoms with Gasteiger partial charge in [-0.2, -0.15) is 5.10 Å². The summed E-state index contributed by atoms with van der Waals surface area (Å²) >= 11 is 0. The smallest absolute Gasteiger partial charge is 0.259 e. The van der Waals surface area contributed by atoms with Gasteiger partial charge in [-0.3, -0.25) is 4.79 Å². The van der Waals surface area contributed by atoms with Crippen molar-refractivity contribution in [1.82, 2.24) is 9.78 Å². The molecule has 0 aliphatic rings. The topological polar surface area (TPSA) is 46.9 Å². The van der Waals surface area contributed by atoms with E-state index >= 15 is 0 Å². The molecule has 0 radical (unpaired) electrons. The Hall–Kier alpha value is -3.66. The molecule has 0 bridgehead atoms. The van der Waals surface area contributed by atoms with Crippen molar-refractivity contribution in [3.05, 3.63) is 101 Å². The highest BCUT2D eigenvalue weighted by molar-refractivity contribution is 6.09. The fourth-order valence-corrected chi connectivity index (χ4v) is 3.53. The minimum atomic E-state index is -0.157. The van der Waals surface area contributed by atoms with Crippen LogP contribution >= 0.6 is 0 Å². The summed E-state index contributed by atoms with van der Waals surface area (Å²) in [6, 6.07) is 25.7. The van der Waals surface area contributed by atoms with E-state index in [-0.39, 0.29) is 5.91 Å². The summed E-state index contributed by atoms with van der Waals surface area (Å²) in [5, 5.41) is 7.88. The Morgan fingerprint density at radius 2 is 1.52 bits per heavy atom. The normalized spacial score (nSPS) is 10.7. The van der Waals surface area contributed by atoms with E-state index in [0.29, 0.717) is 11.3 Å². The summed E-state index contributed by atoms with van der Waals surface area (Å²) in [6.45, 7) is 5.98. The van der Waals surface area contributed by atoms with Gasteiger partial charge >= 0.3 is 0 Å². The largest absolute Gasteiger partial charge is 0.322 e. The molecule has 29 heavy (non-hydrogen) atoms. The minimum Gasteiger partial charge on any atom is -0.322 e. The summed E-state index contributed by atoms with van der Waals surface area (Å²) in [5.41, 5.74) is 6.91. The molecule has 0 saturated carbocycles. The monoisotopic (exact) mass is 381 g/mol. The lowest BCUT2D eigenvalue weighted by molar-refractivity contribution is 0.102. The van der Waals surface area contributed by atoms with Gasteiger partial charge in [-0.1, -0.05) is 66.2 Å². The Morgan fingerprint density at radius 1 is 0.862 bits per heavy atom. The first-order valence-electron chi connectivity index (χ1n) is 9.63. The number of hydrogen-bond donors (Lipinski definition) is 1. The van der Waals surface area contributed by atoms with Crippen LogP contribution in [0.25, 0.3) is 16.9 Å². The molecular weight excluding hydrogens is 358 g/mol. The van der Waals surface area contributed by atoms with Crippen LogP contribution in [0, 0.1) is 20.8 Å². The van der Waals surface area contributed by atoms with Crippen molar-refractivity contribution in [2.24, 2.45) is 0 Å². The Labute approximate surface area is 170 Å². The van der Waals surface area contributed by atoms with Gasteiger partial charge in [0.05, 0.1) is 16.9 Å². The van der Waals surface area contributed by atoms with Crippen LogP contribution in [0.5, 0.6) is 0 Å². The number of nitrogens with zero attached hydrogens (tertiary/aromatic N) is 2. The van der Waals surface area contributed by atoms with Crippen LogP contribution in [0.15, 0.2) is 78.9 Å². The van der Waals surface area contributed by atoms with Crippen molar-refractivity contribution in [2.45, 2.75) is 20.8 Å². The van der Waals surface area contributed by atoms with Gasteiger partial charge in [-0.25, -0.2) is 4.68 Å². The first kappa shape index (κ1) is 18.7. The molecule has 0 aliphatic heterocycles. The maximum Gasteiger partial charge on any atom is 0.259 e.